The first-order chi connectivity index (χ1) is 17.5. The monoisotopic (exact) mass is 830 g/mol. The first kappa shape index (κ1) is 29.8. The maximum absolute atomic E-state index is 14.6. The summed E-state index contributed by atoms with van der Waals surface area (Å²) in [5.74, 6) is 0. The van der Waals surface area contributed by atoms with Gasteiger partial charge in [0.1, 0.15) is 10.3 Å². The number of alkyl halides is 1. The molecule has 1 fully saturated rings. The highest BCUT2D eigenvalue weighted by Crippen LogP contribution is 2.54. The number of rotatable bonds is 3. The second-order valence-corrected chi connectivity index (χ2v) is 17.8. The van der Waals surface area contributed by atoms with Crippen LogP contribution in [-0.4, -0.2) is 53.8 Å². The zero-order valence-electron chi connectivity index (χ0n) is 21.6. The maximum atomic E-state index is 14.6. The van der Waals surface area contributed by atoms with Crippen molar-refractivity contribution >= 4 is 88.8 Å². The molecule has 2 amide bonds. The van der Waals surface area contributed by atoms with Crippen molar-refractivity contribution in [3.8, 4) is 0 Å². The van der Waals surface area contributed by atoms with E-state index in [0.29, 0.717) is 15.7 Å². The summed E-state index contributed by atoms with van der Waals surface area (Å²) in [5, 5.41) is 0. The predicted octanol–water partition coefficient (Wildman–Crippen LogP) is 6.86. The Hall–Kier alpha value is -1.13. The number of sulfone groups is 1. The third-order valence-corrected chi connectivity index (χ3v) is 10.5. The van der Waals surface area contributed by atoms with Gasteiger partial charge in [-0.25, -0.2) is 18.0 Å². The smallest absolute Gasteiger partial charge is 0.415 e. The van der Waals surface area contributed by atoms with Gasteiger partial charge in [0, 0.05) is 14.6 Å². The van der Waals surface area contributed by atoms with Gasteiger partial charge in [-0.15, -0.1) is 0 Å². The molecule has 2 aliphatic rings. The van der Waals surface area contributed by atoms with Crippen LogP contribution < -0.4 is 4.90 Å². The van der Waals surface area contributed by atoms with Crippen LogP contribution in [0.2, 0.25) is 0 Å². The molecule has 2 heterocycles. The molecular formula is C26H29BrI2N2O6S. The SMILES string of the molecule is CC(C)(C)OC(=O)N1CCC2(S(=O)(=O)c3ccc(I)cc3)c3ccc(Br)cc3N(C(=O)OC(C)(C)I)CC12. The number of halogens is 3. The lowest BCUT2D eigenvalue weighted by Crippen LogP contribution is -2.60. The van der Waals surface area contributed by atoms with Gasteiger partial charge in [0.2, 0.25) is 0 Å². The number of hydrogen-bond donors (Lipinski definition) is 0. The summed E-state index contributed by atoms with van der Waals surface area (Å²) in [5.41, 5.74) is 0.102. The van der Waals surface area contributed by atoms with E-state index in [1.165, 1.54) is 9.80 Å². The first-order valence-corrected chi connectivity index (χ1v) is 16.4. The number of fused-ring (bicyclic) bond motifs is 3. The fourth-order valence-electron chi connectivity index (χ4n) is 5.04. The van der Waals surface area contributed by atoms with Gasteiger partial charge in [-0.05, 0) is 128 Å². The molecule has 0 radical (unpaired) electrons. The van der Waals surface area contributed by atoms with Crippen LogP contribution in [0.15, 0.2) is 51.8 Å². The zero-order chi connectivity index (χ0) is 28.3. The summed E-state index contributed by atoms with van der Waals surface area (Å²) in [7, 11) is -4.05. The molecule has 2 aromatic rings. The van der Waals surface area contributed by atoms with Gasteiger partial charge in [-0.1, -0.05) is 22.0 Å². The van der Waals surface area contributed by atoms with Crippen LogP contribution in [0.5, 0.6) is 0 Å². The molecule has 0 spiro atoms. The van der Waals surface area contributed by atoms with E-state index in [1.807, 2.05) is 22.6 Å². The van der Waals surface area contributed by atoms with Gasteiger partial charge < -0.3 is 14.4 Å². The average molecular weight is 831 g/mol. The normalized spacial score (nSPS) is 21.5. The predicted molar refractivity (Wildman–Crippen MR) is 165 cm³/mol. The summed E-state index contributed by atoms with van der Waals surface area (Å²) in [6.45, 7) is 8.87. The van der Waals surface area contributed by atoms with Crippen LogP contribution >= 0.6 is 61.1 Å². The van der Waals surface area contributed by atoms with Gasteiger partial charge in [-0.2, -0.15) is 0 Å². The fraction of sp³-hybridized carbons (Fsp3) is 0.462. The molecule has 12 heteroatoms. The lowest BCUT2D eigenvalue weighted by Gasteiger charge is -2.46. The van der Waals surface area contributed by atoms with Crippen LogP contribution in [-0.2, 0) is 24.1 Å². The van der Waals surface area contributed by atoms with Crippen LogP contribution in [0.4, 0.5) is 15.3 Å². The summed E-state index contributed by atoms with van der Waals surface area (Å²) < 4.78 is 39.8. The number of likely N-dealkylation sites (tertiary alicyclic amines) is 1. The molecule has 0 saturated carbocycles. The Morgan fingerprint density at radius 1 is 1.03 bits per heavy atom. The van der Waals surface area contributed by atoms with E-state index in [0.717, 1.165) is 3.57 Å². The number of carbonyl (C=O) groups excluding carboxylic acids is 2. The average Bonchev–Trinajstić information content (AvgIpc) is 3.17. The van der Waals surface area contributed by atoms with Crippen molar-refractivity contribution in [2.24, 2.45) is 0 Å². The molecule has 8 nitrogen and oxygen atoms in total. The van der Waals surface area contributed by atoms with Gasteiger partial charge in [0.25, 0.3) is 0 Å². The maximum Gasteiger partial charge on any atom is 0.415 e. The van der Waals surface area contributed by atoms with Crippen LogP contribution in [0, 0.1) is 3.57 Å². The van der Waals surface area contributed by atoms with Gasteiger partial charge in [0.15, 0.2) is 13.4 Å². The van der Waals surface area contributed by atoms with Crippen LogP contribution in [0.3, 0.4) is 0 Å². The Morgan fingerprint density at radius 2 is 1.66 bits per heavy atom. The molecule has 2 unspecified atom stereocenters. The fourth-order valence-corrected chi connectivity index (χ4v) is 8.23. The summed E-state index contributed by atoms with van der Waals surface area (Å²) in [4.78, 5) is 29.9. The Balaban J connectivity index is 1.95. The van der Waals surface area contributed by atoms with E-state index < -0.39 is 42.0 Å². The minimum absolute atomic E-state index is 0.0716. The molecule has 206 valence electrons. The molecule has 4 rings (SSSR count). The molecule has 38 heavy (non-hydrogen) atoms. The highest BCUT2D eigenvalue weighted by Gasteiger charge is 2.63. The highest BCUT2D eigenvalue weighted by molar-refractivity contribution is 14.1. The Labute approximate surface area is 259 Å². The van der Waals surface area contributed by atoms with E-state index >= 15 is 0 Å². The van der Waals surface area contributed by atoms with Crippen molar-refractivity contribution in [1.29, 1.82) is 0 Å². The van der Waals surface area contributed by atoms with Gasteiger partial charge in [-0.3, -0.25) is 4.90 Å². The van der Waals surface area contributed by atoms with E-state index in [1.54, 1.807) is 77.1 Å². The highest BCUT2D eigenvalue weighted by atomic mass is 127. The van der Waals surface area contributed by atoms with Gasteiger partial charge in [0.05, 0.1) is 23.2 Å². The Kier molecular flexibility index (Phi) is 8.14. The lowest BCUT2D eigenvalue weighted by atomic mass is 9.85. The van der Waals surface area contributed by atoms with Crippen molar-refractivity contribution in [2.75, 3.05) is 18.0 Å². The number of ether oxygens (including phenoxy) is 2. The van der Waals surface area contributed by atoms with Crippen molar-refractivity contribution in [3.05, 3.63) is 56.1 Å². The quantitative estimate of drug-likeness (QED) is 0.248. The van der Waals surface area contributed by atoms with Crippen molar-refractivity contribution in [1.82, 2.24) is 4.90 Å². The lowest BCUT2D eigenvalue weighted by molar-refractivity contribution is 0.0212. The third-order valence-electron chi connectivity index (χ3n) is 6.48. The molecule has 1 saturated heterocycles. The number of nitrogens with zero attached hydrogens (tertiary/aromatic N) is 2. The number of carbonyl (C=O) groups is 2. The van der Waals surface area contributed by atoms with E-state index in [-0.39, 0.29) is 24.4 Å². The Bertz CT molecular complexity index is 1370. The topological polar surface area (TPSA) is 93.2 Å². The summed E-state index contributed by atoms with van der Waals surface area (Å²) in [6, 6.07) is 11.0. The second kappa shape index (κ2) is 10.4. The number of hydrogen-bond acceptors (Lipinski definition) is 6. The Morgan fingerprint density at radius 3 is 2.24 bits per heavy atom. The number of anilines is 1. The molecular weight excluding hydrogens is 802 g/mol. The summed E-state index contributed by atoms with van der Waals surface area (Å²) in [6.07, 6.45) is -1.09. The van der Waals surface area contributed by atoms with Crippen LogP contribution in [0.1, 0.15) is 46.6 Å². The standard InChI is InChI=1S/C26H29BrI2N2O6S/c1-24(2,3)36-22(32)30-13-12-26(38(34,35)18-9-7-17(28)8-10-18)19-11-6-16(27)14-20(19)31(15-21(26)30)23(33)37-25(4,5)29/h6-11,14,21H,12-13,15H2,1-5H3. The minimum atomic E-state index is -4.05. The summed E-state index contributed by atoms with van der Waals surface area (Å²) >= 11 is 7.62. The van der Waals surface area contributed by atoms with E-state index in [9.17, 15) is 18.0 Å². The van der Waals surface area contributed by atoms with Crippen molar-refractivity contribution < 1.29 is 27.5 Å². The van der Waals surface area contributed by atoms with Gasteiger partial charge >= 0.3 is 12.2 Å². The third kappa shape index (κ3) is 5.55. The van der Waals surface area contributed by atoms with Crippen molar-refractivity contribution in [3.63, 3.8) is 0 Å². The molecule has 0 bridgehead atoms. The number of amides is 2. The molecule has 0 N–H and O–H groups in total. The molecule has 2 aromatic carbocycles. The molecule has 0 aliphatic carbocycles. The van der Waals surface area contributed by atoms with Crippen LogP contribution in [0.25, 0.3) is 0 Å². The van der Waals surface area contributed by atoms with Crippen molar-refractivity contribution in [2.45, 2.75) is 65.9 Å². The first-order valence-electron chi connectivity index (χ1n) is 12.0. The zero-order valence-corrected chi connectivity index (χ0v) is 28.3. The molecule has 2 atom stereocenters. The van der Waals surface area contributed by atoms with E-state index in [2.05, 4.69) is 38.5 Å². The molecule has 2 aliphatic heterocycles. The second-order valence-electron chi connectivity index (χ2n) is 10.8. The number of benzene rings is 2. The van der Waals surface area contributed by atoms with E-state index in [4.69, 9.17) is 9.47 Å². The minimum Gasteiger partial charge on any atom is -0.444 e. The largest absolute Gasteiger partial charge is 0.444 e. The molecule has 0 aromatic heterocycles.